The van der Waals surface area contributed by atoms with Crippen molar-refractivity contribution in [1.82, 2.24) is 9.71 Å². The van der Waals surface area contributed by atoms with Crippen molar-refractivity contribution in [2.75, 3.05) is 13.2 Å². The van der Waals surface area contributed by atoms with Crippen LogP contribution in [-0.2, 0) is 26.9 Å². The molecule has 2 aromatic carbocycles. The van der Waals surface area contributed by atoms with Crippen LogP contribution in [0.1, 0.15) is 11.1 Å². The molecule has 2 heterocycles. The summed E-state index contributed by atoms with van der Waals surface area (Å²) in [6.07, 6.45) is 2.37. The van der Waals surface area contributed by atoms with E-state index in [0.717, 1.165) is 28.6 Å². The molecule has 4 rings (SSSR count). The zero-order chi connectivity index (χ0) is 20.4. The van der Waals surface area contributed by atoms with Crippen LogP contribution in [0, 0.1) is 17.6 Å². The molecule has 2 atom stereocenters. The van der Waals surface area contributed by atoms with Crippen molar-refractivity contribution < 1.29 is 21.9 Å². The second-order valence-electron chi connectivity index (χ2n) is 7.21. The highest BCUT2D eigenvalue weighted by atomic mass is 32.2. The first-order valence-electron chi connectivity index (χ1n) is 9.25. The van der Waals surface area contributed by atoms with Crippen molar-refractivity contribution >= 4 is 20.9 Å². The van der Waals surface area contributed by atoms with Crippen molar-refractivity contribution in [3.63, 3.8) is 0 Å². The van der Waals surface area contributed by atoms with Crippen molar-refractivity contribution in [3.05, 3.63) is 77.5 Å². The third kappa shape index (κ3) is 4.60. The third-order valence-corrected chi connectivity index (χ3v) is 6.46. The molecule has 1 saturated heterocycles. The van der Waals surface area contributed by atoms with Crippen LogP contribution < -0.4 is 4.72 Å². The number of halogens is 2. The van der Waals surface area contributed by atoms with Crippen molar-refractivity contribution in [3.8, 4) is 0 Å². The Balaban J connectivity index is 1.49. The predicted octanol–water partition coefficient (Wildman–Crippen LogP) is 3.19. The van der Waals surface area contributed by atoms with Gasteiger partial charge in [0.2, 0.25) is 10.0 Å². The van der Waals surface area contributed by atoms with Crippen LogP contribution in [0.15, 0.2) is 54.7 Å². The van der Waals surface area contributed by atoms with Crippen LogP contribution in [-0.4, -0.2) is 32.7 Å². The molecule has 0 aliphatic carbocycles. The van der Waals surface area contributed by atoms with Gasteiger partial charge in [-0.1, -0.05) is 24.3 Å². The second kappa shape index (κ2) is 8.14. The highest BCUT2D eigenvalue weighted by Gasteiger charge is 2.32. The topological polar surface area (TPSA) is 68.3 Å². The molecular weight excluding hydrogens is 398 g/mol. The van der Waals surface area contributed by atoms with Gasteiger partial charge in [0.05, 0.1) is 30.5 Å². The minimum absolute atomic E-state index is 0.0614. The fraction of sp³-hybridized carbons (Fsp3) is 0.286. The Morgan fingerprint density at radius 3 is 2.72 bits per heavy atom. The molecule has 0 spiro atoms. The molecule has 0 unspecified atom stereocenters. The van der Waals surface area contributed by atoms with E-state index in [2.05, 4.69) is 9.71 Å². The lowest BCUT2D eigenvalue weighted by Gasteiger charge is -2.20. The number of hydrogen-bond donors (Lipinski definition) is 1. The van der Waals surface area contributed by atoms with Gasteiger partial charge in [0.25, 0.3) is 0 Å². The van der Waals surface area contributed by atoms with E-state index in [9.17, 15) is 17.2 Å². The van der Waals surface area contributed by atoms with Gasteiger partial charge < -0.3 is 4.74 Å². The zero-order valence-electron chi connectivity index (χ0n) is 15.5. The zero-order valence-corrected chi connectivity index (χ0v) is 16.3. The van der Waals surface area contributed by atoms with Gasteiger partial charge in [-0.2, -0.15) is 0 Å². The highest BCUT2D eigenvalue weighted by Crippen LogP contribution is 2.25. The fourth-order valence-corrected chi connectivity index (χ4v) is 5.11. The first kappa shape index (κ1) is 19.9. The average Bonchev–Trinajstić information content (AvgIpc) is 3.10. The number of nitrogens with one attached hydrogen (secondary N) is 1. The number of ether oxygens (including phenoxy) is 1. The maximum Gasteiger partial charge on any atom is 0.216 e. The van der Waals surface area contributed by atoms with Gasteiger partial charge >= 0.3 is 0 Å². The minimum atomic E-state index is -3.83. The van der Waals surface area contributed by atoms with Crippen LogP contribution in [0.3, 0.4) is 0 Å². The Kier molecular flexibility index (Phi) is 5.58. The Hall–Kier alpha value is -2.42. The molecule has 8 heteroatoms. The van der Waals surface area contributed by atoms with Crippen LogP contribution in [0.4, 0.5) is 8.78 Å². The summed E-state index contributed by atoms with van der Waals surface area (Å²) in [5.41, 5.74) is 1.88. The van der Waals surface area contributed by atoms with E-state index in [4.69, 9.17) is 4.74 Å². The number of fused-ring (bicyclic) bond motifs is 1. The lowest BCUT2D eigenvalue weighted by atomic mass is 9.93. The summed E-state index contributed by atoms with van der Waals surface area (Å²) < 4.78 is 60.2. The number of para-hydroxylation sites is 1. The molecule has 5 nitrogen and oxygen atoms in total. The molecule has 0 radical (unpaired) electrons. The third-order valence-electron chi connectivity index (χ3n) is 5.11. The number of pyridine rings is 1. The summed E-state index contributed by atoms with van der Waals surface area (Å²) in [6, 6.07) is 12.2. The Labute approximate surface area is 167 Å². The van der Waals surface area contributed by atoms with Crippen LogP contribution in [0.5, 0.6) is 0 Å². The molecule has 1 aromatic heterocycles. The lowest BCUT2D eigenvalue weighted by Crippen LogP contribution is -2.41. The summed E-state index contributed by atoms with van der Waals surface area (Å²) in [7, 11) is -3.83. The monoisotopic (exact) mass is 418 g/mol. The summed E-state index contributed by atoms with van der Waals surface area (Å²) in [4.78, 5) is 4.35. The van der Waals surface area contributed by atoms with Crippen LogP contribution in [0.2, 0.25) is 0 Å². The van der Waals surface area contributed by atoms with Gasteiger partial charge in [-0.3, -0.25) is 4.98 Å². The van der Waals surface area contributed by atoms with E-state index in [1.54, 1.807) is 6.20 Å². The minimum Gasteiger partial charge on any atom is -0.379 e. The second-order valence-corrected chi connectivity index (χ2v) is 8.96. The number of benzene rings is 2. The Morgan fingerprint density at radius 1 is 1.07 bits per heavy atom. The highest BCUT2D eigenvalue weighted by molar-refractivity contribution is 7.88. The number of hydrogen-bond acceptors (Lipinski definition) is 4. The average molecular weight is 418 g/mol. The van der Waals surface area contributed by atoms with E-state index < -0.39 is 33.5 Å². The molecule has 1 fully saturated rings. The van der Waals surface area contributed by atoms with E-state index in [1.807, 2.05) is 30.3 Å². The van der Waals surface area contributed by atoms with Gasteiger partial charge in [0, 0.05) is 29.1 Å². The number of nitrogens with zero attached hydrogens (tertiary/aromatic N) is 1. The van der Waals surface area contributed by atoms with Gasteiger partial charge in [-0.15, -0.1) is 0 Å². The van der Waals surface area contributed by atoms with E-state index in [-0.39, 0.29) is 18.1 Å². The fourth-order valence-electron chi connectivity index (χ4n) is 3.66. The molecule has 1 N–H and O–H groups in total. The summed E-state index contributed by atoms with van der Waals surface area (Å²) in [5.74, 6) is -2.24. The molecule has 3 aromatic rings. The molecule has 1 aliphatic heterocycles. The first-order valence-corrected chi connectivity index (χ1v) is 10.9. The van der Waals surface area contributed by atoms with Crippen LogP contribution in [0.25, 0.3) is 10.9 Å². The van der Waals surface area contributed by atoms with E-state index in [0.29, 0.717) is 19.1 Å². The molecule has 0 saturated carbocycles. The van der Waals surface area contributed by atoms with Gasteiger partial charge in [-0.25, -0.2) is 21.9 Å². The van der Waals surface area contributed by atoms with Crippen molar-refractivity contribution in [2.24, 2.45) is 5.92 Å². The maximum atomic E-state index is 13.8. The van der Waals surface area contributed by atoms with Gasteiger partial charge in [0.1, 0.15) is 11.6 Å². The van der Waals surface area contributed by atoms with Gasteiger partial charge in [-0.05, 0) is 30.2 Å². The molecule has 1 aliphatic rings. The van der Waals surface area contributed by atoms with Gasteiger partial charge in [0.15, 0.2) is 0 Å². The largest absolute Gasteiger partial charge is 0.379 e. The molecule has 0 bridgehead atoms. The molecular formula is C21H20F2N2O3S. The normalized spacial score (nSPS) is 19.7. The Bertz CT molecular complexity index is 1130. The Morgan fingerprint density at radius 2 is 1.90 bits per heavy atom. The van der Waals surface area contributed by atoms with E-state index in [1.165, 1.54) is 0 Å². The smallest absolute Gasteiger partial charge is 0.216 e. The summed E-state index contributed by atoms with van der Waals surface area (Å²) in [5, 5.41) is 1.02. The lowest BCUT2D eigenvalue weighted by molar-refractivity contribution is 0.183. The molecule has 29 heavy (non-hydrogen) atoms. The summed E-state index contributed by atoms with van der Waals surface area (Å²) >= 11 is 0. The van der Waals surface area contributed by atoms with Crippen LogP contribution >= 0.6 is 0 Å². The SMILES string of the molecule is O=S(=O)(Cc1ccc(F)cc1F)N[C@H]1COC[C@H]1Cc1ccnc2ccccc12. The number of rotatable bonds is 6. The van der Waals surface area contributed by atoms with Crippen molar-refractivity contribution in [2.45, 2.75) is 18.2 Å². The molecule has 152 valence electrons. The maximum absolute atomic E-state index is 13.8. The standard InChI is InChI=1S/C21H20F2N2O3S/c22-17-6-5-15(19(23)10-17)13-29(26,27)25-21-12-28-11-16(21)9-14-7-8-24-20-4-2-1-3-18(14)20/h1-8,10,16,21,25H,9,11-13H2/t16-,21+/m1/s1. The quantitative estimate of drug-likeness (QED) is 0.668. The van der Waals surface area contributed by atoms with Crippen molar-refractivity contribution in [1.29, 1.82) is 0 Å². The number of sulfonamides is 1. The van der Waals surface area contributed by atoms with E-state index >= 15 is 0 Å². The predicted molar refractivity (Wildman–Crippen MR) is 106 cm³/mol. The summed E-state index contributed by atoms with van der Waals surface area (Å²) in [6.45, 7) is 0.674. The number of aromatic nitrogens is 1. The molecule has 0 amide bonds. The first-order chi connectivity index (χ1) is 13.9.